The minimum atomic E-state index is 0.178. The summed E-state index contributed by atoms with van der Waals surface area (Å²) in [7, 11) is 0. The molecule has 1 aromatic rings. The molecule has 1 aliphatic heterocycles. The van der Waals surface area contributed by atoms with Crippen molar-refractivity contribution in [2.45, 2.75) is 51.1 Å². The van der Waals surface area contributed by atoms with E-state index >= 15 is 0 Å². The highest BCUT2D eigenvalue weighted by Crippen LogP contribution is 2.39. The Labute approximate surface area is 103 Å². The highest BCUT2D eigenvalue weighted by Gasteiger charge is 2.36. The van der Waals surface area contributed by atoms with E-state index in [0.717, 1.165) is 6.54 Å². The molecule has 0 N–H and O–H groups in total. The highest BCUT2D eigenvalue weighted by molar-refractivity contribution is 5.71. The molecule has 2 heteroatoms. The van der Waals surface area contributed by atoms with Crippen molar-refractivity contribution < 1.29 is 0 Å². The topological polar surface area (TPSA) is 17.3 Å². The van der Waals surface area contributed by atoms with Crippen LogP contribution in [0.5, 0.6) is 0 Å². The zero-order chi connectivity index (χ0) is 11.9. The molecule has 0 aromatic carbocycles. The average Bonchev–Trinajstić information content (AvgIpc) is 2.69. The van der Waals surface area contributed by atoms with Gasteiger partial charge in [-0.3, -0.25) is 4.99 Å². The van der Waals surface area contributed by atoms with E-state index in [1.54, 1.807) is 0 Å². The van der Waals surface area contributed by atoms with Crippen LogP contribution in [0.2, 0.25) is 0 Å². The lowest BCUT2D eigenvalue weighted by molar-refractivity contribution is 0.273. The first-order valence-corrected chi connectivity index (χ1v) is 6.62. The van der Waals surface area contributed by atoms with Crippen molar-refractivity contribution >= 4 is 12.3 Å². The van der Waals surface area contributed by atoms with Gasteiger partial charge in [-0.25, -0.2) is 0 Å². The Kier molecular flexibility index (Phi) is 2.46. The predicted octanol–water partition coefficient (Wildman–Crippen LogP) is 3.68. The van der Waals surface area contributed by atoms with E-state index in [9.17, 15) is 0 Å². The van der Waals surface area contributed by atoms with Crippen LogP contribution in [0.4, 0.5) is 0 Å². The van der Waals surface area contributed by atoms with Crippen LogP contribution in [0, 0.1) is 6.92 Å². The molecule has 0 amide bonds. The third kappa shape index (κ3) is 1.50. The van der Waals surface area contributed by atoms with Crippen LogP contribution in [0.3, 0.4) is 0 Å². The largest absolute Gasteiger partial charge is 0.335 e. The predicted molar refractivity (Wildman–Crippen MR) is 72.5 cm³/mol. The van der Waals surface area contributed by atoms with Crippen molar-refractivity contribution in [1.29, 1.82) is 0 Å². The second-order valence-corrected chi connectivity index (χ2v) is 5.35. The van der Waals surface area contributed by atoms with Gasteiger partial charge in [0.05, 0.1) is 12.1 Å². The van der Waals surface area contributed by atoms with E-state index < -0.39 is 0 Å². The molecular weight excluding hydrogens is 208 g/mol. The summed E-state index contributed by atoms with van der Waals surface area (Å²) in [5.41, 5.74) is 4.18. The van der Waals surface area contributed by atoms with E-state index in [-0.39, 0.29) is 5.54 Å². The summed E-state index contributed by atoms with van der Waals surface area (Å²) in [6.45, 7) is 6.96. The van der Waals surface area contributed by atoms with Gasteiger partial charge in [-0.15, -0.1) is 0 Å². The summed E-state index contributed by atoms with van der Waals surface area (Å²) in [6, 6.07) is 2.26. The van der Waals surface area contributed by atoms with Crippen molar-refractivity contribution in [1.82, 2.24) is 4.57 Å². The van der Waals surface area contributed by atoms with Gasteiger partial charge in [0.1, 0.15) is 0 Å². The number of hydrogen-bond acceptors (Lipinski definition) is 1. The quantitative estimate of drug-likeness (QED) is 0.697. The smallest absolute Gasteiger partial charge is 0.0794 e. The monoisotopic (exact) mass is 228 g/mol. The molecule has 3 rings (SSSR count). The summed E-state index contributed by atoms with van der Waals surface area (Å²) >= 11 is 0. The fourth-order valence-electron chi connectivity index (χ4n) is 3.52. The third-order valence-electron chi connectivity index (χ3n) is 4.33. The van der Waals surface area contributed by atoms with E-state index in [0.29, 0.717) is 0 Å². The Morgan fingerprint density at radius 2 is 2.12 bits per heavy atom. The molecule has 0 radical (unpaired) electrons. The Hall–Kier alpha value is -1.31. The van der Waals surface area contributed by atoms with E-state index in [1.165, 1.54) is 49.1 Å². The zero-order valence-corrected chi connectivity index (χ0v) is 10.6. The normalized spacial score (nSPS) is 21.5. The van der Waals surface area contributed by atoms with Gasteiger partial charge < -0.3 is 4.57 Å². The van der Waals surface area contributed by atoms with Crippen LogP contribution in [-0.4, -0.2) is 10.8 Å². The van der Waals surface area contributed by atoms with Gasteiger partial charge in [-0.05, 0) is 31.4 Å². The van der Waals surface area contributed by atoms with Crippen molar-refractivity contribution in [3.05, 3.63) is 29.6 Å². The van der Waals surface area contributed by atoms with Crippen LogP contribution < -0.4 is 0 Å². The Balaban J connectivity index is 2.14. The highest BCUT2D eigenvalue weighted by atomic mass is 15.1. The van der Waals surface area contributed by atoms with Crippen LogP contribution in [0.25, 0.3) is 6.08 Å². The van der Waals surface area contributed by atoms with Gasteiger partial charge in [-0.1, -0.05) is 31.9 Å². The molecule has 2 aliphatic rings. The number of hydrogen-bond donors (Lipinski definition) is 0. The lowest BCUT2D eigenvalue weighted by Gasteiger charge is -2.40. The first kappa shape index (κ1) is 10.8. The molecule has 1 fully saturated rings. The summed E-state index contributed by atoms with van der Waals surface area (Å²) < 4.78 is 2.54. The Bertz CT molecular complexity index is 473. The summed E-state index contributed by atoms with van der Waals surface area (Å²) in [4.78, 5) is 4.60. The van der Waals surface area contributed by atoms with Crippen molar-refractivity contribution in [2.24, 2.45) is 4.99 Å². The SMILES string of the molecule is C=Cc1cc2n(c1C)C1(C=NC2)CCCCC1. The molecule has 0 atom stereocenters. The molecular formula is C15H20N2. The molecule has 17 heavy (non-hydrogen) atoms. The van der Waals surface area contributed by atoms with Crippen LogP contribution in [-0.2, 0) is 12.1 Å². The maximum absolute atomic E-state index is 4.60. The maximum atomic E-state index is 4.60. The second-order valence-electron chi connectivity index (χ2n) is 5.35. The molecule has 1 aliphatic carbocycles. The van der Waals surface area contributed by atoms with Crippen LogP contribution in [0.15, 0.2) is 17.6 Å². The second kappa shape index (κ2) is 3.86. The van der Waals surface area contributed by atoms with Crippen LogP contribution >= 0.6 is 0 Å². The average molecular weight is 228 g/mol. The molecule has 1 spiro atoms. The number of aromatic nitrogens is 1. The van der Waals surface area contributed by atoms with Gasteiger partial charge >= 0.3 is 0 Å². The van der Waals surface area contributed by atoms with E-state index in [2.05, 4.69) is 35.3 Å². The van der Waals surface area contributed by atoms with Gasteiger partial charge in [0, 0.05) is 17.6 Å². The fraction of sp³-hybridized carbons (Fsp3) is 0.533. The molecule has 90 valence electrons. The van der Waals surface area contributed by atoms with E-state index in [4.69, 9.17) is 0 Å². The molecule has 1 saturated carbocycles. The summed E-state index contributed by atoms with van der Waals surface area (Å²) in [5, 5.41) is 0. The van der Waals surface area contributed by atoms with Crippen molar-refractivity contribution in [2.75, 3.05) is 0 Å². The first-order chi connectivity index (χ1) is 8.27. The summed E-state index contributed by atoms with van der Waals surface area (Å²) in [6.07, 6.45) is 10.7. The zero-order valence-electron chi connectivity index (χ0n) is 10.6. The van der Waals surface area contributed by atoms with Gasteiger partial charge in [0.25, 0.3) is 0 Å². The molecule has 0 bridgehead atoms. The standard InChI is InChI=1S/C15H20N2/c1-3-13-9-14-10-16-11-15(17(14)12(13)2)7-5-4-6-8-15/h3,9,11H,1,4-8,10H2,2H3. The van der Waals surface area contributed by atoms with Crippen molar-refractivity contribution in [3.8, 4) is 0 Å². The van der Waals surface area contributed by atoms with Crippen molar-refractivity contribution in [3.63, 3.8) is 0 Å². The van der Waals surface area contributed by atoms with E-state index in [1.807, 2.05) is 6.08 Å². The lowest BCUT2D eigenvalue weighted by Crippen LogP contribution is -2.41. The number of rotatable bonds is 1. The third-order valence-corrected chi connectivity index (χ3v) is 4.33. The molecule has 0 saturated heterocycles. The van der Waals surface area contributed by atoms with Gasteiger partial charge in [0.2, 0.25) is 0 Å². The lowest BCUT2D eigenvalue weighted by atomic mass is 9.81. The fourth-order valence-corrected chi connectivity index (χ4v) is 3.52. The number of aliphatic imine (C=N–C) groups is 1. The Morgan fingerprint density at radius 3 is 2.82 bits per heavy atom. The first-order valence-electron chi connectivity index (χ1n) is 6.62. The summed E-state index contributed by atoms with van der Waals surface area (Å²) in [5.74, 6) is 0. The molecule has 2 heterocycles. The Morgan fingerprint density at radius 1 is 1.35 bits per heavy atom. The number of nitrogens with zero attached hydrogens (tertiary/aromatic N) is 2. The minimum absolute atomic E-state index is 0.178. The van der Waals surface area contributed by atoms with Crippen LogP contribution in [0.1, 0.15) is 49.1 Å². The molecule has 0 unspecified atom stereocenters. The molecule has 2 nitrogen and oxygen atoms in total. The van der Waals surface area contributed by atoms with Gasteiger partial charge in [0.15, 0.2) is 0 Å². The minimum Gasteiger partial charge on any atom is -0.335 e. The van der Waals surface area contributed by atoms with Gasteiger partial charge in [-0.2, -0.15) is 0 Å². The maximum Gasteiger partial charge on any atom is 0.0794 e. The number of fused-ring (bicyclic) bond motifs is 2. The molecule has 1 aromatic heterocycles.